The minimum absolute atomic E-state index is 0.431. The number of hydrogen-bond acceptors (Lipinski definition) is 7. The maximum atomic E-state index is 5.81. The smallest absolute Gasteiger partial charge is 0.225 e. The summed E-state index contributed by atoms with van der Waals surface area (Å²) in [4.78, 5) is 11.7. The van der Waals surface area contributed by atoms with Crippen LogP contribution in [0, 0.1) is 5.92 Å². The van der Waals surface area contributed by atoms with E-state index < -0.39 is 0 Å². The Morgan fingerprint density at radius 2 is 1.72 bits per heavy atom. The van der Waals surface area contributed by atoms with Crippen LogP contribution in [0.3, 0.4) is 0 Å². The fourth-order valence-corrected chi connectivity index (χ4v) is 5.02. The Hall–Kier alpha value is -3.06. The first-order valence-electron chi connectivity index (χ1n) is 13.4. The van der Waals surface area contributed by atoms with Gasteiger partial charge in [-0.3, -0.25) is 0 Å². The molecule has 7 heteroatoms. The van der Waals surface area contributed by atoms with Crippen molar-refractivity contribution in [3.63, 3.8) is 0 Å². The number of benzene rings is 2. The maximum absolute atomic E-state index is 5.81. The minimum Gasteiger partial charge on any atom is -0.494 e. The van der Waals surface area contributed by atoms with Gasteiger partial charge in [-0.15, -0.1) is 0 Å². The molecule has 1 heterocycles. The molecule has 0 amide bonds. The number of fused-ring (bicyclic) bond motifs is 1. The van der Waals surface area contributed by atoms with Crippen molar-refractivity contribution in [3.8, 4) is 11.5 Å². The highest BCUT2D eigenvalue weighted by Gasteiger charge is 2.22. The lowest BCUT2D eigenvalue weighted by molar-refractivity contribution is 0.313. The molecule has 0 radical (unpaired) electrons. The molecule has 0 aliphatic heterocycles. The average molecular weight is 492 g/mol. The van der Waals surface area contributed by atoms with E-state index in [9.17, 15) is 0 Å². The molecule has 36 heavy (non-hydrogen) atoms. The summed E-state index contributed by atoms with van der Waals surface area (Å²) in [5, 5.41) is 8.33. The van der Waals surface area contributed by atoms with Crippen molar-refractivity contribution >= 4 is 22.7 Å². The number of ether oxygens (including phenoxy) is 2. The number of anilines is 2. The molecule has 2 N–H and O–H groups in total. The molecule has 3 aromatic rings. The van der Waals surface area contributed by atoms with E-state index in [0.717, 1.165) is 71.6 Å². The van der Waals surface area contributed by atoms with Crippen LogP contribution in [0.25, 0.3) is 10.9 Å². The Kier molecular flexibility index (Phi) is 9.23. The molecule has 194 valence electrons. The summed E-state index contributed by atoms with van der Waals surface area (Å²) in [6, 6.07) is 14.7. The first-order valence-corrected chi connectivity index (χ1v) is 13.4. The van der Waals surface area contributed by atoms with Gasteiger partial charge in [-0.05, 0) is 88.7 Å². The number of hydrogen-bond donors (Lipinski definition) is 2. The third-order valence-electron chi connectivity index (χ3n) is 6.87. The fourth-order valence-electron chi connectivity index (χ4n) is 5.02. The van der Waals surface area contributed by atoms with Gasteiger partial charge in [-0.25, -0.2) is 4.98 Å². The second-order valence-corrected chi connectivity index (χ2v) is 9.75. The zero-order valence-corrected chi connectivity index (χ0v) is 22.2. The zero-order valence-electron chi connectivity index (χ0n) is 22.2. The van der Waals surface area contributed by atoms with Gasteiger partial charge in [0.1, 0.15) is 17.3 Å². The van der Waals surface area contributed by atoms with E-state index in [4.69, 9.17) is 19.4 Å². The summed E-state index contributed by atoms with van der Waals surface area (Å²) >= 11 is 0. The quantitative estimate of drug-likeness (QED) is 0.318. The summed E-state index contributed by atoms with van der Waals surface area (Å²) in [5.74, 6) is 4.29. The topological polar surface area (TPSA) is 71.5 Å². The van der Waals surface area contributed by atoms with Crippen LogP contribution < -0.4 is 25.0 Å². The van der Waals surface area contributed by atoms with Crippen LogP contribution in [-0.2, 0) is 6.54 Å². The van der Waals surface area contributed by atoms with E-state index in [1.807, 2.05) is 52.2 Å². The van der Waals surface area contributed by atoms with Crippen molar-refractivity contribution in [1.29, 1.82) is 0 Å². The molecule has 0 spiro atoms. The number of nitrogens with one attached hydrogen (secondary N) is 2. The first kappa shape index (κ1) is 26.0. The number of nitrogens with zero attached hydrogens (tertiary/aromatic N) is 3. The first-order chi connectivity index (χ1) is 17.6. The van der Waals surface area contributed by atoms with Gasteiger partial charge in [0.25, 0.3) is 0 Å². The van der Waals surface area contributed by atoms with E-state index in [-0.39, 0.29) is 0 Å². The molecule has 2 aromatic carbocycles. The zero-order chi connectivity index (χ0) is 25.3. The minimum atomic E-state index is 0.431. The Balaban J connectivity index is 1.24. The van der Waals surface area contributed by atoms with Gasteiger partial charge in [0.15, 0.2) is 0 Å². The largest absolute Gasteiger partial charge is 0.494 e. The average Bonchev–Trinajstić information content (AvgIpc) is 2.88. The fraction of sp³-hybridized carbons (Fsp3) is 0.517. The van der Waals surface area contributed by atoms with Gasteiger partial charge < -0.3 is 25.0 Å². The van der Waals surface area contributed by atoms with E-state index >= 15 is 0 Å². The van der Waals surface area contributed by atoms with Gasteiger partial charge in [-0.1, -0.05) is 12.1 Å². The standard InChI is InChI=1S/C29H41N5O2/c1-5-35-24-15-16-27(36-6-2)22(19-24)20-30-18-17-21-11-13-23(14-12-21)31-29-32-26-10-8-7-9-25(26)28(33-29)34(3)4/h7-10,15-16,19,21,23,30H,5-6,11-14,17-18,20H2,1-4H3,(H,31,32,33). The molecular weight excluding hydrogens is 450 g/mol. The SMILES string of the molecule is CCOc1ccc(OCC)c(CNCCC2CCC(Nc3nc(N(C)C)c4ccccc4n3)CC2)c1. The highest BCUT2D eigenvalue weighted by atomic mass is 16.5. The van der Waals surface area contributed by atoms with Crippen LogP contribution in [0.15, 0.2) is 42.5 Å². The number of aromatic nitrogens is 2. The predicted molar refractivity (Wildman–Crippen MR) is 148 cm³/mol. The van der Waals surface area contributed by atoms with Gasteiger partial charge in [0, 0.05) is 37.6 Å². The van der Waals surface area contributed by atoms with Crippen LogP contribution in [0.2, 0.25) is 0 Å². The molecule has 7 nitrogen and oxygen atoms in total. The van der Waals surface area contributed by atoms with Crippen molar-refractivity contribution in [2.24, 2.45) is 5.92 Å². The van der Waals surface area contributed by atoms with Gasteiger partial charge in [0.2, 0.25) is 5.95 Å². The van der Waals surface area contributed by atoms with E-state index in [1.165, 1.54) is 19.3 Å². The normalized spacial score (nSPS) is 17.7. The van der Waals surface area contributed by atoms with Gasteiger partial charge in [0.05, 0.1) is 18.7 Å². The molecule has 1 fully saturated rings. The van der Waals surface area contributed by atoms with E-state index in [1.54, 1.807) is 0 Å². The lowest BCUT2D eigenvalue weighted by Gasteiger charge is -2.29. The summed E-state index contributed by atoms with van der Waals surface area (Å²) in [5.41, 5.74) is 2.14. The van der Waals surface area contributed by atoms with Crippen LogP contribution in [-0.4, -0.2) is 49.9 Å². The molecule has 0 bridgehead atoms. The lowest BCUT2D eigenvalue weighted by atomic mass is 9.84. The van der Waals surface area contributed by atoms with E-state index in [2.05, 4.69) is 33.7 Å². The highest BCUT2D eigenvalue weighted by Crippen LogP contribution is 2.30. The second-order valence-electron chi connectivity index (χ2n) is 9.75. The van der Waals surface area contributed by atoms with Crippen molar-refractivity contribution in [2.75, 3.05) is 44.1 Å². The highest BCUT2D eigenvalue weighted by molar-refractivity contribution is 5.90. The predicted octanol–water partition coefficient (Wildman–Crippen LogP) is 5.64. The summed E-state index contributed by atoms with van der Waals surface area (Å²) in [6.45, 7) is 7.16. The molecule has 1 aliphatic carbocycles. The lowest BCUT2D eigenvalue weighted by Crippen LogP contribution is -2.28. The molecule has 1 aromatic heterocycles. The third kappa shape index (κ3) is 6.78. The van der Waals surface area contributed by atoms with Gasteiger partial charge >= 0.3 is 0 Å². The Bertz CT molecular complexity index is 1110. The van der Waals surface area contributed by atoms with Crippen molar-refractivity contribution in [2.45, 2.75) is 58.5 Å². The molecular formula is C29H41N5O2. The number of rotatable bonds is 12. The van der Waals surface area contributed by atoms with Crippen LogP contribution in [0.1, 0.15) is 51.5 Å². The molecule has 0 unspecified atom stereocenters. The molecule has 1 saturated carbocycles. The molecule has 0 atom stereocenters. The Morgan fingerprint density at radius 3 is 2.47 bits per heavy atom. The maximum Gasteiger partial charge on any atom is 0.225 e. The van der Waals surface area contributed by atoms with Crippen molar-refractivity contribution in [1.82, 2.24) is 15.3 Å². The Morgan fingerprint density at radius 1 is 0.944 bits per heavy atom. The van der Waals surface area contributed by atoms with E-state index in [0.29, 0.717) is 19.3 Å². The molecule has 0 saturated heterocycles. The summed E-state index contributed by atoms with van der Waals surface area (Å²) in [7, 11) is 4.07. The van der Waals surface area contributed by atoms with Crippen LogP contribution in [0.5, 0.6) is 11.5 Å². The summed E-state index contributed by atoms with van der Waals surface area (Å²) in [6.07, 6.45) is 5.97. The van der Waals surface area contributed by atoms with Crippen LogP contribution in [0.4, 0.5) is 11.8 Å². The summed E-state index contributed by atoms with van der Waals surface area (Å²) < 4.78 is 11.5. The molecule has 4 rings (SSSR count). The third-order valence-corrected chi connectivity index (χ3v) is 6.87. The number of para-hydroxylation sites is 1. The molecule has 1 aliphatic rings. The van der Waals surface area contributed by atoms with Crippen molar-refractivity contribution < 1.29 is 9.47 Å². The monoisotopic (exact) mass is 491 g/mol. The van der Waals surface area contributed by atoms with Crippen molar-refractivity contribution in [3.05, 3.63) is 48.0 Å². The van der Waals surface area contributed by atoms with Crippen LogP contribution >= 0.6 is 0 Å². The van der Waals surface area contributed by atoms with Gasteiger partial charge in [-0.2, -0.15) is 4.98 Å². The Labute approximate surface area is 215 Å². The second kappa shape index (κ2) is 12.8.